The molecule has 0 saturated carbocycles. The van der Waals surface area contributed by atoms with Gasteiger partial charge in [-0.05, 0) is 29.8 Å². The van der Waals surface area contributed by atoms with Crippen molar-refractivity contribution in [2.24, 2.45) is 5.10 Å². The molecule has 7 heteroatoms. The van der Waals surface area contributed by atoms with Gasteiger partial charge in [0, 0.05) is 0 Å². The van der Waals surface area contributed by atoms with E-state index in [0.717, 1.165) is 16.6 Å². The molecule has 4 rings (SSSR count). The number of nitrogens with zero attached hydrogens (tertiary/aromatic N) is 3. The summed E-state index contributed by atoms with van der Waals surface area (Å²) < 4.78 is 7.11. The maximum atomic E-state index is 11.5. The van der Waals surface area contributed by atoms with Crippen LogP contribution in [0.2, 0.25) is 0 Å². The van der Waals surface area contributed by atoms with Crippen LogP contribution in [-0.2, 0) is 11.3 Å². The number of aromatic nitrogens is 2. The molecule has 0 fully saturated rings. The van der Waals surface area contributed by atoms with E-state index in [2.05, 4.69) is 15.5 Å². The number of carboxylic acid groups (broad SMARTS) is 1. The Hall–Kier alpha value is -3.87. The van der Waals surface area contributed by atoms with E-state index in [1.807, 2.05) is 59.2 Å². The summed E-state index contributed by atoms with van der Waals surface area (Å²) in [6.45, 7) is 0.572. The largest absolute Gasteiger partial charge is 0.476 e. The van der Waals surface area contributed by atoms with Crippen molar-refractivity contribution in [3.8, 4) is 0 Å². The first-order chi connectivity index (χ1) is 13.2. The lowest BCUT2D eigenvalue weighted by molar-refractivity contribution is -0.129. The summed E-state index contributed by atoms with van der Waals surface area (Å²) in [5.41, 5.74) is 5.38. The summed E-state index contributed by atoms with van der Waals surface area (Å²) in [4.78, 5) is 16.1. The molecule has 0 aliphatic rings. The molecule has 2 aromatic carbocycles. The standard InChI is InChI=1S/C20H16N4O3/c25-19(26)18(17-11-6-12-27-17)22-23-20-21-15-9-4-5-10-16(15)24(20)13-14-7-2-1-3-8-14/h1-12H,13H2,(H,21,23)(H,25,26)/b22-18-. The van der Waals surface area contributed by atoms with E-state index in [1.165, 1.54) is 6.26 Å². The van der Waals surface area contributed by atoms with Crippen LogP contribution in [0.5, 0.6) is 0 Å². The minimum Gasteiger partial charge on any atom is -0.476 e. The van der Waals surface area contributed by atoms with Gasteiger partial charge in [0.15, 0.2) is 5.76 Å². The summed E-state index contributed by atoms with van der Waals surface area (Å²) in [7, 11) is 0. The zero-order valence-electron chi connectivity index (χ0n) is 14.2. The second kappa shape index (κ2) is 7.17. The summed E-state index contributed by atoms with van der Waals surface area (Å²) in [5, 5.41) is 13.4. The molecule has 2 heterocycles. The fraction of sp³-hybridized carbons (Fsp3) is 0.0500. The second-order valence-electron chi connectivity index (χ2n) is 5.85. The third-order valence-electron chi connectivity index (χ3n) is 4.06. The van der Waals surface area contributed by atoms with Gasteiger partial charge in [-0.2, -0.15) is 5.10 Å². The summed E-state index contributed by atoms with van der Waals surface area (Å²) in [6.07, 6.45) is 1.40. The summed E-state index contributed by atoms with van der Waals surface area (Å²) >= 11 is 0. The smallest absolute Gasteiger partial charge is 0.360 e. The fourth-order valence-electron chi connectivity index (χ4n) is 2.81. The van der Waals surface area contributed by atoms with E-state index >= 15 is 0 Å². The van der Waals surface area contributed by atoms with Crippen LogP contribution in [0.25, 0.3) is 11.0 Å². The predicted molar refractivity (Wildman–Crippen MR) is 102 cm³/mol. The molecule has 0 unspecified atom stereocenters. The van der Waals surface area contributed by atoms with Crippen molar-refractivity contribution < 1.29 is 14.3 Å². The monoisotopic (exact) mass is 360 g/mol. The Morgan fingerprint density at radius 3 is 2.59 bits per heavy atom. The quantitative estimate of drug-likeness (QED) is 0.405. The minimum absolute atomic E-state index is 0.167. The number of carboxylic acids is 1. The molecule has 2 aromatic heterocycles. The molecule has 0 atom stereocenters. The van der Waals surface area contributed by atoms with Gasteiger partial charge < -0.3 is 14.1 Å². The molecule has 0 aliphatic carbocycles. The molecule has 27 heavy (non-hydrogen) atoms. The van der Waals surface area contributed by atoms with Crippen molar-refractivity contribution in [2.75, 3.05) is 5.43 Å². The summed E-state index contributed by atoms with van der Waals surface area (Å²) in [5.74, 6) is -0.575. The van der Waals surface area contributed by atoms with Crippen molar-refractivity contribution in [2.45, 2.75) is 6.54 Å². The number of para-hydroxylation sites is 2. The van der Waals surface area contributed by atoms with Crippen LogP contribution >= 0.6 is 0 Å². The predicted octanol–water partition coefficient (Wildman–Crippen LogP) is 3.58. The number of carbonyl (C=O) groups is 1. The molecule has 0 saturated heterocycles. The molecule has 4 aromatic rings. The Morgan fingerprint density at radius 2 is 1.85 bits per heavy atom. The van der Waals surface area contributed by atoms with E-state index in [-0.39, 0.29) is 11.5 Å². The van der Waals surface area contributed by atoms with Gasteiger partial charge in [-0.25, -0.2) is 15.2 Å². The van der Waals surface area contributed by atoms with E-state index < -0.39 is 5.97 Å². The lowest BCUT2D eigenvalue weighted by Gasteiger charge is -2.09. The first kappa shape index (κ1) is 16.6. The van der Waals surface area contributed by atoms with Gasteiger partial charge in [0.2, 0.25) is 11.7 Å². The highest BCUT2D eigenvalue weighted by molar-refractivity contribution is 6.41. The number of aliphatic carboxylic acids is 1. The maximum absolute atomic E-state index is 11.5. The number of rotatable bonds is 6. The first-order valence-corrected chi connectivity index (χ1v) is 8.32. The molecule has 134 valence electrons. The second-order valence-corrected chi connectivity index (χ2v) is 5.85. The number of hydrogen-bond donors (Lipinski definition) is 2. The number of hydrazone groups is 1. The number of anilines is 1. The number of benzene rings is 2. The Morgan fingerprint density at radius 1 is 1.07 bits per heavy atom. The highest BCUT2D eigenvalue weighted by Gasteiger charge is 2.17. The van der Waals surface area contributed by atoms with Crippen LogP contribution in [0.4, 0.5) is 5.95 Å². The number of fused-ring (bicyclic) bond motifs is 1. The van der Waals surface area contributed by atoms with Gasteiger partial charge in [0.05, 0.1) is 23.8 Å². The molecular formula is C20H16N4O3. The minimum atomic E-state index is -1.19. The zero-order chi connectivity index (χ0) is 18.6. The number of furan rings is 1. The van der Waals surface area contributed by atoms with Gasteiger partial charge in [0.1, 0.15) is 0 Å². The molecule has 2 N–H and O–H groups in total. The third-order valence-corrected chi connectivity index (χ3v) is 4.06. The summed E-state index contributed by atoms with van der Waals surface area (Å²) in [6, 6.07) is 20.8. The van der Waals surface area contributed by atoms with Gasteiger partial charge in [-0.15, -0.1) is 0 Å². The average molecular weight is 360 g/mol. The van der Waals surface area contributed by atoms with Crippen LogP contribution in [0, 0.1) is 0 Å². The van der Waals surface area contributed by atoms with Gasteiger partial charge in [-0.3, -0.25) is 0 Å². The van der Waals surface area contributed by atoms with Gasteiger partial charge >= 0.3 is 5.97 Å². The van der Waals surface area contributed by atoms with Crippen LogP contribution < -0.4 is 5.43 Å². The van der Waals surface area contributed by atoms with Crippen LogP contribution in [0.15, 0.2) is 82.5 Å². The van der Waals surface area contributed by atoms with Gasteiger partial charge in [-0.1, -0.05) is 42.5 Å². The Bertz CT molecular complexity index is 1100. The van der Waals surface area contributed by atoms with Crippen LogP contribution in [-0.4, -0.2) is 26.3 Å². The highest BCUT2D eigenvalue weighted by Crippen LogP contribution is 2.21. The lowest BCUT2D eigenvalue weighted by atomic mass is 10.2. The molecule has 0 radical (unpaired) electrons. The van der Waals surface area contributed by atoms with Crippen LogP contribution in [0.3, 0.4) is 0 Å². The Labute approximate surface area is 154 Å². The molecule has 0 bridgehead atoms. The number of nitrogens with one attached hydrogen (secondary N) is 1. The molecule has 0 aliphatic heterocycles. The SMILES string of the molecule is O=C(O)/C(=N\Nc1nc2ccccc2n1Cc1ccccc1)c1ccco1. The molecule has 7 nitrogen and oxygen atoms in total. The zero-order valence-corrected chi connectivity index (χ0v) is 14.2. The van der Waals surface area contributed by atoms with Crippen molar-refractivity contribution in [1.82, 2.24) is 9.55 Å². The van der Waals surface area contributed by atoms with E-state index in [0.29, 0.717) is 12.5 Å². The molecule has 0 amide bonds. The topological polar surface area (TPSA) is 92.6 Å². The van der Waals surface area contributed by atoms with Crippen molar-refractivity contribution in [3.05, 3.63) is 84.3 Å². The van der Waals surface area contributed by atoms with Gasteiger partial charge in [0.25, 0.3) is 0 Å². The first-order valence-electron chi connectivity index (χ1n) is 8.32. The van der Waals surface area contributed by atoms with Crippen molar-refractivity contribution >= 4 is 28.7 Å². The Balaban J connectivity index is 1.74. The maximum Gasteiger partial charge on any atom is 0.360 e. The fourth-order valence-corrected chi connectivity index (χ4v) is 2.81. The molecule has 0 spiro atoms. The number of hydrogen-bond acceptors (Lipinski definition) is 5. The number of imidazole rings is 1. The average Bonchev–Trinajstić information content (AvgIpc) is 3.32. The Kier molecular flexibility index (Phi) is 4.40. The van der Waals surface area contributed by atoms with E-state index in [9.17, 15) is 9.90 Å². The van der Waals surface area contributed by atoms with Crippen molar-refractivity contribution in [1.29, 1.82) is 0 Å². The lowest BCUT2D eigenvalue weighted by Crippen LogP contribution is -2.16. The van der Waals surface area contributed by atoms with E-state index in [4.69, 9.17) is 4.42 Å². The third kappa shape index (κ3) is 3.43. The highest BCUT2D eigenvalue weighted by atomic mass is 16.4. The van der Waals surface area contributed by atoms with E-state index in [1.54, 1.807) is 12.1 Å². The normalized spacial score (nSPS) is 11.6. The van der Waals surface area contributed by atoms with Crippen molar-refractivity contribution in [3.63, 3.8) is 0 Å². The van der Waals surface area contributed by atoms with Crippen LogP contribution in [0.1, 0.15) is 11.3 Å². The molecular weight excluding hydrogens is 344 g/mol.